The van der Waals surface area contributed by atoms with Crippen molar-refractivity contribution in [3.63, 3.8) is 0 Å². The molecule has 12 heteroatoms. The number of carbonyl (C=O) groups is 4. The maximum absolute atomic E-state index is 13.6. The minimum Gasteiger partial charge on any atom is -0.444 e. The van der Waals surface area contributed by atoms with Crippen LogP contribution >= 0.6 is 0 Å². The molecule has 4 aromatic rings. The van der Waals surface area contributed by atoms with E-state index in [1.807, 2.05) is 121 Å². The molecule has 0 aliphatic heterocycles. The number of hydrogen-bond acceptors (Lipinski definition) is 10. The number of imide groups is 2. The van der Waals surface area contributed by atoms with E-state index in [0.29, 0.717) is 51.4 Å². The molecule has 63 heavy (non-hydrogen) atoms. The van der Waals surface area contributed by atoms with Crippen molar-refractivity contribution in [2.75, 3.05) is 0 Å². The first-order valence-electron chi connectivity index (χ1n) is 22.5. The van der Waals surface area contributed by atoms with Crippen molar-refractivity contribution in [1.29, 1.82) is 0 Å². The molecular formula is C51H60N2O10. The summed E-state index contributed by atoms with van der Waals surface area (Å²) in [6, 6.07) is 36.4. The van der Waals surface area contributed by atoms with Gasteiger partial charge in [-0.3, -0.25) is 0 Å². The highest BCUT2D eigenvalue weighted by Crippen LogP contribution is 2.50. The minimum atomic E-state index is -0.757. The number of aliphatic hydroxyl groups is 2. The van der Waals surface area contributed by atoms with E-state index >= 15 is 0 Å². The van der Waals surface area contributed by atoms with Gasteiger partial charge >= 0.3 is 24.4 Å². The summed E-state index contributed by atoms with van der Waals surface area (Å²) >= 11 is 0. The van der Waals surface area contributed by atoms with Gasteiger partial charge in [-0.25, -0.2) is 29.0 Å². The standard InChI is InChI=1S/C51H60N2O10/c54-46-44(40-24-13-27-42(28-14-25-40)52(48(56)60-32-36-16-5-1-6-17-36)49(57)61-33-37-18-7-2-8-19-37)47(55)45(46)41-26-15-29-43(31-30-41)53(50(58)62-34-38-20-9-3-10-21-38)51(59)63-35-39-22-11-4-12-23-39/h1-12,16-23,40-47,54-55H,13-15,24-35H2. The lowest BCUT2D eigenvalue weighted by Crippen LogP contribution is -2.61. The molecule has 4 atom stereocenters. The van der Waals surface area contributed by atoms with Crippen LogP contribution in [-0.2, 0) is 45.4 Å². The van der Waals surface area contributed by atoms with Crippen molar-refractivity contribution < 1.29 is 48.3 Å². The van der Waals surface area contributed by atoms with Gasteiger partial charge in [-0.1, -0.05) is 141 Å². The molecule has 3 aliphatic rings. The van der Waals surface area contributed by atoms with E-state index in [-0.39, 0.29) is 50.1 Å². The molecule has 3 saturated carbocycles. The lowest BCUT2D eigenvalue weighted by atomic mass is 9.56. The number of amides is 4. The van der Waals surface area contributed by atoms with E-state index in [1.165, 1.54) is 0 Å². The van der Waals surface area contributed by atoms with E-state index in [2.05, 4.69) is 0 Å². The molecule has 4 unspecified atom stereocenters. The quantitative estimate of drug-likeness (QED) is 0.104. The molecule has 0 radical (unpaired) electrons. The smallest absolute Gasteiger partial charge is 0.419 e. The SMILES string of the molecule is O=C(OCc1ccccc1)N(C(=O)OCc1ccccc1)C1CCCC(C2C(O)C(C3CCCC(N(C(=O)OCc4ccccc4)C(=O)OCc4ccccc4)CC3)C2O)CCC1. The maximum atomic E-state index is 13.6. The highest BCUT2D eigenvalue weighted by atomic mass is 16.6. The molecule has 3 aliphatic carbocycles. The summed E-state index contributed by atoms with van der Waals surface area (Å²) in [4.78, 5) is 56.6. The fourth-order valence-electron chi connectivity index (χ4n) is 9.90. The van der Waals surface area contributed by atoms with Gasteiger partial charge in [0.25, 0.3) is 0 Å². The molecule has 2 N–H and O–H groups in total. The van der Waals surface area contributed by atoms with Gasteiger partial charge in [-0.05, 0) is 85.5 Å². The lowest BCUT2D eigenvalue weighted by Gasteiger charge is -2.53. The Morgan fingerprint density at radius 3 is 0.968 bits per heavy atom. The Labute approximate surface area is 370 Å². The molecule has 0 heterocycles. The van der Waals surface area contributed by atoms with E-state index in [9.17, 15) is 29.4 Å². The number of ether oxygens (including phenoxy) is 4. The van der Waals surface area contributed by atoms with Crippen molar-refractivity contribution >= 4 is 24.4 Å². The van der Waals surface area contributed by atoms with Crippen LogP contribution in [-0.4, -0.2) is 68.7 Å². The fourth-order valence-corrected chi connectivity index (χ4v) is 9.90. The summed E-state index contributed by atoms with van der Waals surface area (Å²) in [6.07, 6.45) is 2.65. The Balaban J connectivity index is 0.941. The first-order chi connectivity index (χ1) is 30.8. The number of hydrogen-bond donors (Lipinski definition) is 2. The van der Waals surface area contributed by atoms with Crippen LogP contribution in [0.25, 0.3) is 0 Å². The molecule has 4 aromatic carbocycles. The second kappa shape index (κ2) is 22.6. The predicted octanol–water partition coefficient (Wildman–Crippen LogP) is 10.2. The number of benzene rings is 4. The second-order valence-electron chi connectivity index (χ2n) is 17.2. The molecule has 0 saturated heterocycles. The zero-order chi connectivity index (χ0) is 44.0. The van der Waals surface area contributed by atoms with Gasteiger partial charge in [0, 0.05) is 23.9 Å². The first kappa shape index (κ1) is 45.3. The summed E-state index contributed by atoms with van der Waals surface area (Å²) in [5.74, 6) is -0.520. The third kappa shape index (κ3) is 12.1. The van der Waals surface area contributed by atoms with Crippen molar-refractivity contribution in [3.05, 3.63) is 144 Å². The van der Waals surface area contributed by atoms with Crippen LogP contribution in [0.5, 0.6) is 0 Å². The van der Waals surface area contributed by atoms with Crippen LogP contribution in [0.15, 0.2) is 121 Å². The third-order valence-corrected chi connectivity index (χ3v) is 13.2. The van der Waals surface area contributed by atoms with Crippen molar-refractivity contribution in [1.82, 2.24) is 9.80 Å². The molecule has 3 fully saturated rings. The van der Waals surface area contributed by atoms with Gasteiger partial charge in [-0.2, -0.15) is 0 Å². The molecule has 12 nitrogen and oxygen atoms in total. The summed E-state index contributed by atoms with van der Waals surface area (Å²) in [6.45, 7) is 0.0834. The normalized spacial score (nSPS) is 24.8. The molecule has 7 rings (SSSR count). The molecule has 4 amide bonds. The van der Waals surface area contributed by atoms with E-state index in [4.69, 9.17) is 18.9 Å². The number of rotatable bonds is 12. The molecule has 334 valence electrons. The van der Waals surface area contributed by atoms with Crippen molar-refractivity contribution in [2.24, 2.45) is 23.7 Å². The second-order valence-corrected chi connectivity index (χ2v) is 17.2. The van der Waals surface area contributed by atoms with Crippen LogP contribution in [0.1, 0.15) is 92.9 Å². The topological polar surface area (TPSA) is 152 Å². The van der Waals surface area contributed by atoms with Crippen LogP contribution < -0.4 is 0 Å². The average Bonchev–Trinajstić information content (AvgIpc) is 3.54. The Bertz CT molecular complexity index is 1920. The highest BCUT2D eigenvalue weighted by molar-refractivity contribution is 5.89. The highest BCUT2D eigenvalue weighted by Gasteiger charge is 2.55. The zero-order valence-electron chi connectivity index (χ0n) is 35.8. The molecule has 0 bridgehead atoms. The maximum Gasteiger partial charge on any atom is 0.419 e. The third-order valence-electron chi connectivity index (χ3n) is 13.2. The monoisotopic (exact) mass is 860 g/mol. The Morgan fingerprint density at radius 2 is 0.667 bits per heavy atom. The summed E-state index contributed by atoms with van der Waals surface area (Å²) < 4.78 is 22.6. The van der Waals surface area contributed by atoms with Crippen molar-refractivity contribution in [3.8, 4) is 0 Å². The van der Waals surface area contributed by atoms with Crippen molar-refractivity contribution in [2.45, 2.75) is 121 Å². The largest absolute Gasteiger partial charge is 0.444 e. The number of carbonyl (C=O) groups excluding carboxylic acids is 4. The van der Waals surface area contributed by atoms with Gasteiger partial charge < -0.3 is 29.2 Å². The Morgan fingerprint density at radius 1 is 0.397 bits per heavy atom. The van der Waals surface area contributed by atoms with Gasteiger partial charge in [0.05, 0.1) is 12.2 Å². The number of aliphatic hydroxyl groups excluding tert-OH is 2. The Hall–Kier alpha value is -5.72. The molecule has 0 aromatic heterocycles. The van der Waals surface area contributed by atoms with E-state index in [1.54, 1.807) is 0 Å². The van der Waals surface area contributed by atoms with Gasteiger partial charge in [-0.15, -0.1) is 0 Å². The van der Waals surface area contributed by atoms with E-state index in [0.717, 1.165) is 51.3 Å². The van der Waals surface area contributed by atoms with E-state index < -0.39 is 48.7 Å². The van der Waals surface area contributed by atoms with Crippen LogP contribution in [0, 0.1) is 23.7 Å². The summed E-state index contributed by atoms with van der Waals surface area (Å²) in [7, 11) is 0. The van der Waals surface area contributed by atoms with Crippen LogP contribution in [0.2, 0.25) is 0 Å². The fraction of sp³-hybridized carbons (Fsp3) is 0.451. The van der Waals surface area contributed by atoms with Crippen LogP contribution in [0.3, 0.4) is 0 Å². The average molecular weight is 861 g/mol. The van der Waals surface area contributed by atoms with Gasteiger partial charge in [0.15, 0.2) is 0 Å². The summed E-state index contributed by atoms with van der Waals surface area (Å²) in [5.41, 5.74) is 3.22. The molecular weight excluding hydrogens is 801 g/mol. The van der Waals surface area contributed by atoms with Gasteiger partial charge in [0.2, 0.25) is 0 Å². The Kier molecular flexibility index (Phi) is 16.2. The zero-order valence-corrected chi connectivity index (χ0v) is 35.8. The first-order valence-corrected chi connectivity index (χ1v) is 22.5. The lowest BCUT2D eigenvalue weighted by molar-refractivity contribution is -0.194. The molecule has 0 spiro atoms. The number of nitrogens with zero attached hydrogens (tertiary/aromatic N) is 2. The van der Waals surface area contributed by atoms with Crippen LogP contribution in [0.4, 0.5) is 19.2 Å². The predicted molar refractivity (Wildman–Crippen MR) is 235 cm³/mol. The minimum absolute atomic E-state index is 0.00840. The summed E-state index contributed by atoms with van der Waals surface area (Å²) in [5, 5.41) is 23.5. The van der Waals surface area contributed by atoms with Gasteiger partial charge in [0.1, 0.15) is 26.4 Å².